The normalized spacial score (nSPS) is 12.9. The number of rotatable bonds is 59. The minimum atomic E-state index is -0.791. The molecule has 0 heterocycles. The Bertz CT molecular complexity index is 1640. The van der Waals surface area contributed by atoms with E-state index in [1.54, 1.807) is 0 Å². The van der Waals surface area contributed by atoms with Crippen LogP contribution in [-0.2, 0) is 28.6 Å². The SMILES string of the molecule is CC/C=C\C/C=C\C/C=C\C/C=C\C/C=C\C/C=C\C/C=C\CCCCCCCCCCCC(=O)OCC(COC(=O)CCCCCCCCCCCCCCCCC)OC(=O)CCCCCCC/C=C\C/C=C\C/C=C\CC. The topological polar surface area (TPSA) is 78.9 Å². The number of hydrogen-bond acceptors (Lipinski definition) is 6. The number of carbonyl (C=O) groups is 3. The van der Waals surface area contributed by atoms with E-state index in [4.69, 9.17) is 14.2 Å². The minimum Gasteiger partial charge on any atom is -0.462 e. The van der Waals surface area contributed by atoms with Crippen LogP contribution < -0.4 is 0 Å². The third-order valence-electron chi connectivity index (χ3n) is 14.0. The van der Waals surface area contributed by atoms with Gasteiger partial charge in [0.05, 0.1) is 0 Å². The first-order valence-electron chi connectivity index (χ1n) is 33.0. The van der Waals surface area contributed by atoms with Crippen molar-refractivity contribution >= 4 is 17.9 Å². The van der Waals surface area contributed by atoms with E-state index in [-0.39, 0.29) is 31.1 Å². The van der Waals surface area contributed by atoms with Gasteiger partial charge in [0.1, 0.15) is 13.2 Å². The lowest BCUT2D eigenvalue weighted by molar-refractivity contribution is -0.167. The highest BCUT2D eigenvalue weighted by Gasteiger charge is 2.19. The third-order valence-corrected chi connectivity index (χ3v) is 14.0. The van der Waals surface area contributed by atoms with Crippen molar-refractivity contribution in [3.8, 4) is 0 Å². The monoisotopic (exact) mass is 1090 g/mol. The van der Waals surface area contributed by atoms with E-state index in [0.717, 1.165) is 148 Å². The van der Waals surface area contributed by atoms with Crippen molar-refractivity contribution in [2.45, 2.75) is 309 Å². The maximum Gasteiger partial charge on any atom is 0.306 e. The van der Waals surface area contributed by atoms with Gasteiger partial charge in [0.25, 0.3) is 0 Å². The second kappa shape index (κ2) is 66.3. The number of carbonyl (C=O) groups excluding carboxylic acids is 3. The van der Waals surface area contributed by atoms with E-state index in [1.165, 1.54) is 116 Å². The molecule has 0 spiro atoms. The molecular formula is C73H122O6. The molecule has 0 aromatic carbocycles. The fraction of sp³-hybridized carbons (Fsp3) is 0.685. The number of unbranched alkanes of at least 4 members (excludes halogenated alkanes) is 28. The fourth-order valence-corrected chi connectivity index (χ4v) is 9.09. The molecule has 0 fully saturated rings. The van der Waals surface area contributed by atoms with Gasteiger partial charge in [-0.2, -0.15) is 0 Å². The van der Waals surface area contributed by atoms with Crippen molar-refractivity contribution in [3.63, 3.8) is 0 Å². The Morgan fingerprint density at radius 3 is 0.772 bits per heavy atom. The van der Waals surface area contributed by atoms with Crippen LogP contribution in [0.3, 0.4) is 0 Å². The summed E-state index contributed by atoms with van der Waals surface area (Å²) in [5, 5.41) is 0. The summed E-state index contributed by atoms with van der Waals surface area (Å²) in [5.41, 5.74) is 0. The lowest BCUT2D eigenvalue weighted by Crippen LogP contribution is -2.30. The second-order valence-electron chi connectivity index (χ2n) is 21.6. The van der Waals surface area contributed by atoms with E-state index < -0.39 is 6.10 Å². The molecule has 79 heavy (non-hydrogen) atoms. The van der Waals surface area contributed by atoms with E-state index in [9.17, 15) is 14.4 Å². The zero-order valence-corrected chi connectivity index (χ0v) is 51.6. The summed E-state index contributed by atoms with van der Waals surface area (Å²) in [6, 6.07) is 0. The molecule has 6 nitrogen and oxygen atoms in total. The van der Waals surface area contributed by atoms with Gasteiger partial charge in [-0.1, -0.05) is 296 Å². The van der Waals surface area contributed by atoms with Gasteiger partial charge < -0.3 is 14.2 Å². The van der Waals surface area contributed by atoms with Crippen molar-refractivity contribution in [2.24, 2.45) is 0 Å². The number of allylic oxidation sites excluding steroid dienone is 20. The van der Waals surface area contributed by atoms with E-state index in [0.29, 0.717) is 19.3 Å². The summed E-state index contributed by atoms with van der Waals surface area (Å²) in [4.78, 5) is 38.3. The average molecular weight is 1100 g/mol. The van der Waals surface area contributed by atoms with Crippen molar-refractivity contribution in [1.82, 2.24) is 0 Å². The molecular weight excluding hydrogens is 973 g/mol. The van der Waals surface area contributed by atoms with Gasteiger partial charge in [-0.15, -0.1) is 0 Å². The summed E-state index contributed by atoms with van der Waals surface area (Å²) >= 11 is 0. The van der Waals surface area contributed by atoms with Crippen LogP contribution in [0.15, 0.2) is 122 Å². The zero-order chi connectivity index (χ0) is 57.1. The maximum absolute atomic E-state index is 12.9. The molecule has 0 N–H and O–H groups in total. The maximum atomic E-state index is 12.9. The molecule has 0 rings (SSSR count). The number of esters is 3. The Morgan fingerprint density at radius 1 is 0.266 bits per heavy atom. The van der Waals surface area contributed by atoms with E-state index >= 15 is 0 Å². The largest absolute Gasteiger partial charge is 0.462 e. The first-order chi connectivity index (χ1) is 39.0. The molecule has 0 aliphatic carbocycles. The Hall–Kier alpha value is -4.19. The zero-order valence-electron chi connectivity index (χ0n) is 51.6. The summed E-state index contributed by atoms with van der Waals surface area (Å²) in [5.74, 6) is -0.901. The molecule has 0 radical (unpaired) electrons. The van der Waals surface area contributed by atoms with Crippen LogP contribution in [0.5, 0.6) is 0 Å². The molecule has 0 bridgehead atoms. The Morgan fingerprint density at radius 2 is 0.494 bits per heavy atom. The highest BCUT2D eigenvalue weighted by Crippen LogP contribution is 2.16. The van der Waals surface area contributed by atoms with Crippen molar-refractivity contribution < 1.29 is 28.6 Å². The molecule has 0 aliphatic heterocycles. The standard InChI is InChI=1S/C73H122O6/c1-4-7-10-13-16-19-22-25-28-29-30-31-32-33-34-35-36-37-38-39-40-41-42-43-46-48-51-54-57-60-63-66-72(75)78-69-70(79-73(76)67-64-61-58-55-52-49-45-27-24-21-18-15-12-9-6-3)68-77-71(74)65-62-59-56-53-50-47-44-26-23-20-17-14-11-8-5-2/h7,9-10,12,16,18-19,21,25,27-28,30-31,33-34,36-37,39-40,45,70H,4-6,8,11,13-15,17,20,22-24,26,29,32,35,38,41-44,46-69H2,1-3H3/b10-7-,12-9-,19-16-,21-18-,28-25-,31-30-,34-33-,37-36-,40-39-,45-27-. The van der Waals surface area contributed by atoms with Crippen molar-refractivity contribution in [1.29, 1.82) is 0 Å². The van der Waals surface area contributed by atoms with E-state index in [1.807, 2.05) is 0 Å². The molecule has 1 unspecified atom stereocenters. The molecule has 450 valence electrons. The van der Waals surface area contributed by atoms with Gasteiger partial charge in [-0.05, 0) is 109 Å². The van der Waals surface area contributed by atoms with Crippen molar-refractivity contribution in [2.75, 3.05) is 13.2 Å². The lowest BCUT2D eigenvalue weighted by Gasteiger charge is -2.18. The van der Waals surface area contributed by atoms with Gasteiger partial charge in [-0.25, -0.2) is 0 Å². The van der Waals surface area contributed by atoms with Crippen LogP contribution in [0.4, 0.5) is 0 Å². The molecule has 0 aromatic rings. The quantitative estimate of drug-likeness (QED) is 0.0261. The van der Waals surface area contributed by atoms with Crippen LogP contribution in [0.2, 0.25) is 0 Å². The molecule has 0 amide bonds. The summed E-state index contributed by atoms with van der Waals surface area (Å²) in [6.07, 6.45) is 92.1. The molecule has 0 saturated carbocycles. The van der Waals surface area contributed by atoms with Gasteiger partial charge in [-0.3, -0.25) is 14.4 Å². The molecule has 0 saturated heterocycles. The molecule has 0 aliphatic rings. The third kappa shape index (κ3) is 64.5. The van der Waals surface area contributed by atoms with Gasteiger partial charge in [0.2, 0.25) is 0 Å². The minimum absolute atomic E-state index is 0.0857. The number of ether oxygens (including phenoxy) is 3. The van der Waals surface area contributed by atoms with Crippen LogP contribution >= 0.6 is 0 Å². The summed E-state index contributed by atoms with van der Waals surface area (Å²) in [6.45, 7) is 6.42. The number of hydrogen-bond donors (Lipinski definition) is 0. The second-order valence-corrected chi connectivity index (χ2v) is 21.6. The Kier molecular flexibility index (Phi) is 62.8. The van der Waals surface area contributed by atoms with Crippen molar-refractivity contribution in [3.05, 3.63) is 122 Å². The Labute approximate surface area is 488 Å². The predicted octanol–water partition coefficient (Wildman–Crippen LogP) is 22.8. The first kappa shape index (κ1) is 74.8. The average Bonchev–Trinajstić information content (AvgIpc) is 3.45. The molecule has 0 aromatic heterocycles. The molecule has 6 heteroatoms. The van der Waals surface area contributed by atoms with Crippen LogP contribution in [0, 0.1) is 0 Å². The smallest absolute Gasteiger partial charge is 0.306 e. The van der Waals surface area contributed by atoms with Crippen LogP contribution in [-0.4, -0.2) is 37.2 Å². The van der Waals surface area contributed by atoms with Gasteiger partial charge in [0, 0.05) is 19.3 Å². The molecule has 1 atom stereocenters. The van der Waals surface area contributed by atoms with E-state index in [2.05, 4.69) is 142 Å². The first-order valence-corrected chi connectivity index (χ1v) is 33.0. The van der Waals surface area contributed by atoms with Crippen LogP contribution in [0.25, 0.3) is 0 Å². The fourth-order valence-electron chi connectivity index (χ4n) is 9.09. The van der Waals surface area contributed by atoms with Gasteiger partial charge in [0.15, 0.2) is 6.10 Å². The lowest BCUT2D eigenvalue weighted by atomic mass is 10.0. The summed E-state index contributed by atoms with van der Waals surface area (Å²) in [7, 11) is 0. The Balaban J connectivity index is 4.30. The van der Waals surface area contributed by atoms with Crippen LogP contribution in [0.1, 0.15) is 303 Å². The highest BCUT2D eigenvalue weighted by atomic mass is 16.6. The predicted molar refractivity (Wildman–Crippen MR) is 343 cm³/mol. The highest BCUT2D eigenvalue weighted by molar-refractivity contribution is 5.71. The summed E-state index contributed by atoms with van der Waals surface area (Å²) < 4.78 is 16.9. The van der Waals surface area contributed by atoms with Gasteiger partial charge >= 0.3 is 17.9 Å².